The second-order valence-electron chi connectivity index (χ2n) is 9.35. The zero-order chi connectivity index (χ0) is 23.5. The van der Waals surface area contributed by atoms with Crippen molar-refractivity contribution >= 4 is 17.3 Å². The van der Waals surface area contributed by atoms with E-state index in [0.29, 0.717) is 17.9 Å². The molecule has 4 heterocycles. The van der Waals surface area contributed by atoms with Crippen LogP contribution in [0.1, 0.15) is 59.5 Å². The molecule has 0 unspecified atom stereocenters. The van der Waals surface area contributed by atoms with Crippen molar-refractivity contribution in [2.24, 2.45) is 0 Å². The lowest BCUT2D eigenvalue weighted by atomic mass is 9.89. The highest BCUT2D eigenvalue weighted by Gasteiger charge is 2.26. The van der Waals surface area contributed by atoms with Crippen LogP contribution >= 0.6 is 0 Å². The fourth-order valence-corrected chi connectivity index (χ4v) is 5.17. The summed E-state index contributed by atoms with van der Waals surface area (Å²) in [6.07, 6.45) is 8.96. The lowest BCUT2D eigenvalue weighted by molar-refractivity contribution is -0.132. The third kappa shape index (κ3) is 4.65. The van der Waals surface area contributed by atoms with Gasteiger partial charge in [0.25, 0.3) is 5.91 Å². The molecule has 0 spiro atoms. The number of hydrogen-bond donors (Lipinski definition) is 0. The van der Waals surface area contributed by atoms with Crippen LogP contribution in [0.3, 0.4) is 0 Å². The van der Waals surface area contributed by atoms with Gasteiger partial charge in [0.05, 0.1) is 24.4 Å². The van der Waals surface area contributed by atoms with Crippen LogP contribution in [0.2, 0.25) is 0 Å². The first-order valence-corrected chi connectivity index (χ1v) is 12.3. The quantitative estimate of drug-likeness (QED) is 0.559. The lowest BCUT2D eigenvalue weighted by Gasteiger charge is -2.32. The summed E-state index contributed by atoms with van der Waals surface area (Å²) in [5.41, 5.74) is 3.95. The number of aryl methyl sites for hydroxylation is 1. The van der Waals surface area contributed by atoms with E-state index in [2.05, 4.69) is 17.2 Å². The third-order valence-corrected chi connectivity index (χ3v) is 7.27. The SMILES string of the molecule is COc1ccc(CCC(=O)N2CCC(c3ccn4ncc(C(=O)N5CCCC5)c4c3)CC2)cc1. The summed E-state index contributed by atoms with van der Waals surface area (Å²) in [4.78, 5) is 29.6. The Morgan fingerprint density at radius 1 is 1.00 bits per heavy atom. The molecule has 7 nitrogen and oxygen atoms in total. The fraction of sp³-hybridized carbons (Fsp3) is 0.444. The third-order valence-electron chi connectivity index (χ3n) is 7.27. The van der Waals surface area contributed by atoms with Gasteiger partial charge in [-0.2, -0.15) is 5.10 Å². The molecule has 3 aromatic rings. The van der Waals surface area contributed by atoms with Crippen molar-refractivity contribution in [3.8, 4) is 5.75 Å². The number of ether oxygens (including phenoxy) is 1. The Kier molecular flexibility index (Phi) is 6.52. The van der Waals surface area contributed by atoms with Gasteiger partial charge >= 0.3 is 0 Å². The number of amides is 2. The van der Waals surface area contributed by atoms with Crippen molar-refractivity contribution < 1.29 is 14.3 Å². The van der Waals surface area contributed by atoms with Crippen molar-refractivity contribution in [3.05, 3.63) is 65.5 Å². The first kappa shape index (κ1) is 22.4. The van der Waals surface area contributed by atoms with E-state index in [9.17, 15) is 9.59 Å². The smallest absolute Gasteiger partial charge is 0.257 e. The Morgan fingerprint density at radius 3 is 2.44 bits per heavy atom. The van der Waals surface area contributed by atoms with Gasteiger partial charge in [0.15, 0.2) is 0 Å². The summed E-state index contributed by atoms with van der Waals surface area (Å²) < 4.78 is 6.99. The molecule has 34 heavy (non-hydrogen) atoms. The van der Waals surface area contributed by atoms with Gasteiger partial charge in [0.2, 0.25) is 5.91 Å². The molecule has 2 aromatic heterocycles. The van der Waals surface area contributed by atoms with Gasteiger partial charge in [-0.05, 0) is 73.4 Å². The van der Waals surface area contributed by atoms with E-state index in [1.54, 1.807) is 17.8 Å². The Labute approximate surface area is 200 Å². The molecule has 2 fully saturated rings. The van der Waals surface area contributed by atoms with Crippen molar-refractivity contribution in [1.29, 1.82) is 0 Å². The van der Waals surface area contributed by atoms with Crippen LogP contribution in [0.4, 0.5) is 0 Å². The number of hydrogen-bond acceptors (Lipinski definition) is 4. The van der Waals surface area contributed by atoms with E-state index in [1.807, 2.05) is 40.3 Å². The van der Waals surface area contributed by atoms with Gasteiger partial charge in [-0.25, -0.2) is 4.52 Å². The molecule has 0 atom stereocenters. The normalized spacial score (nSPS) is 16.9. The first-order valence-electron chi connectivity index (χ1n) is 12.3. The van der Waals surface area contributed by atoms with Crippen LogP contribution in [0, 0.1) is 0 Å². The second kappa shape index (κ2) is 9.87. The zero-order valence-corrected chi connectivity index (χ0v) is 19.8. The Balaban J connectivity index is 1.19. The maximum atomic E-state index is 12.9. The van der Waals surface area contributed by atoms with E-state index in [1.165, 1.54) is 5.56 Å². The van der Waals surface area contributed by atoms with Crippen LogP contribution in [-0.4, -0.2) is 64.5 Å². The maximum absolute atomic E-state index is 12.9. The van der Waals surface area contributed by atoms with Gasteiger partial charge < -0.3 is 14.5 Å². The second-order valence-corrected chi connectivity index (χ2v) is 9.35. The van der Waals surface area contributed by atoms with E-state index in [0.717, 1.165) is 75.1 Å². The minimum absolute atomic E-state index is 0.0851. The minimum Gasteiger partial charge on any atom is -0.497 e. The molecule has 0 radical (unpaired) electrons. The molecule has 2 aliphatic rings. The van der Waals surface area contributed by atoms with E-state index in [4.69, 9.17) is 4.74 Å². The van der Waals surface area contributed by atoms with Crippen molar-refractivity contribution in [3.63, 3.8) is 0 Å². The zero-order valence-electron chi connectivity index (χ0n) is 19.8. The summed E-state index contributed by atoms with van der Waals surface area (Å²) in [6.45, 7) is 3.22. The Hall–Kier alpha value is -3.35. The van der Waals surface area contributed by atoms with Crippen molar-refractivity contribution in [2.45, 2.75) is 44.4 Å². The molecule has 1 aromatic carbocycles. The minimum atomic E-state index is 0.0851. The molecular formula is C27H32N4O3. The molecular weight excluding hydrogens is 428 g/mol. The van der Waals surface area contributed by atoms with Gasteiger partial charge in [-0.1, -0.05) is 12.1 Å². The van der Waals surface area contributed by atoms with Crippen LogP contribution in [-0.2, 0) is 11.2 Å². The molecule has 2 amide bonds. The van der Waals surface area contributed by atoms with E-state index in [-0.39, 0.29) is 11.8 Å². The summed E-state index contributed by atoms with van der Waals surface area (Å²) in [5, 5.41) is 4.40. The highest BCUT2D eigenvalue weighted by Crippen LogP contribution is 2.30. The molecule has 5 rings (SSSR count). The number of piperidine rings is 1. The number of nitrogens with zero attached hydrogens (tertiary/aromatic N) is 4. The number of aromatic nitrogens is 2. The predicted molar refractivity (Wildman–Crippen MR) is 130 cm³/mol. The lowest BCUT2D eigenvalue weighted by Crippen LogP contribution is -2.38. The topological polar surface area (TPSA) is 67.2 Å². The van der Waals surface area contributed by atoms with Crippen LogP contribution in [0.15, 0.2) is 48.8 Å². The van der Waals surface area contributed by atoms with E-state index >= 15 is 0 Å². The highest BCUT2D eigenvalue weighted by molar-refractivity contribution is 6.00. The number of benzene rings is 1. The molecule has 0 N–H and O–H groups in total. The van der Waals surface area contributed by atoms with Crippen molar-refractivity contribution in [2.75, 3.05) is 33.3 Å². The Bertz CT molecular complexity index is 1160. The largest absolute Gasteiger partial charge is 0.497 e. The Morgan fingerprint density at radius 2 is 1.74 bits per heavy atom. The molecule has 0 bridgehead atoms. The van der Waals surface area contributed by atoms with Crippen LogP contribution < -0.4 is 4.74 Å². The number of pyridine rings is 1. The number of carbonyl (C=O) groups is 2. The van der Waals surface area contributed by atoms with Crippen molar-refractivity contribution in [1.82, 2.24) is 19.4 Å². The highest BCUT2D eigenvalue weighted by atomic mass is 16.5. The van der Waals surface area contributed by atoms with Gasteiger partial charge in [0.1, 0.15) is 5.75 Å². The predicted octanol–water partition coefficient (Wildman–Crippen LogP) is 3.92. The number of likely N-dealkylation sites (tertiary alicyclic amines) is 2. The summed E-state index contributed by atoms with van der Waals surface area (Å²) >= 11 is 0. The number of carbonyl (C=O) groups excluding carboxylic acids is 2. The molecule has 0 aliphatic carbocycles. The molecule has 0 saturated carbocycles. The van der Waals surface area contributed by atoms with Gasteiger partial charge in [0, 0.05) is 38.8 Å². The first-order chi connectivity index (χ1) is 16.6. The maximum Gasteiger partial charge on any atom is 0.257 e. The summed E-state index contributed by atoms with van der Waals surface area (Å²) in [5.74, 6) is 1.53. The molecule has 178 valence electrons. The van der Waals surface area contributed by atoms with Crippen LogP contribution in [0.25, 0.3) is 5.52 Å². The average Bonchev–Trinajstić information content (AvgIpc) is 3.57. The fourth-order valence-electron chi connectivity index (χ4n) is 5.17. The van der Waals surface area contributed by atoms with Gasteiger partial charge in [-0.15, -0.1) is 0 Å². The van der Waals surface area contributed by atoms with Gasteiger partial charge in [-0.3, -0.25) is 9.59 Å². The molecule has 2 aliphatic heterocycles. The van der Waals surface area contributed by atoms with Crippen LogP contribution in [0.5, 0.6) is 5.75 Å². The summed E-state index contributed by atoms with van der Waals surface area (Å²) in [7, 11) is 1.66. The number of fused-ring (bicyclic) bond motifs is 1. The summed E-state index contributed by atoms with van der Waals surface area (Å²) in [6, 6.07) is 12.2. The number of rotatable bonds is 6. The number of methoxy groups -OCH3 is 1. The monoisotopic (exact) mass is 460 g/mol. The molecule has 7 heteroatoms. The molecule has 2 saturated heterocycles. The standard InChI is InChI=1S/C27H32N4O3/c1-34-23-7-4-20(5-8-23)6-9-26(32)29-15-10-21(11-16-29)22-12-17-31-25(18-22)24(19-28-31)27(33)30-13-2-3-14-30/h4-5,7-8,12,17-19,21H,2-3,6,9-11,13-16H2,1H3. The van der Waals surface area contributed by atoms with E-state index < -0.39 is 0 Å². The average molecular weight is 461 g/mol.